The first-order valence-electron chi connectivity index (χ1n) is 7.24. The van der Waals surface area contributed by atoms with Crippen molar-refractivity contribution in [2.24, 2.45) is 16.6 Å². The highest BCUT2D eigenvalue weighted by Gasteiger charge is 2.28. The van der Waals surface area contributed by atoms with Crippen molar-refractivity contribution in [1.82, 2.24) is 4.90 Å². The molecule has 18 heavy (non-hydrogen) atoms. The number of hydrogen-bond donors (Lipinski definition) is 1. The summed E-state index contributed by atoms with van der Waals surface area (Å²) in [6, 6.07) is 0. The fourth-order valence-corrected chi connectivity index (χ4v) is 2.48. The van der Waals surface area contributed by atoms with Gasteiger partial charge < -0.3 is 10.6 Å². The van der Waals surface area contributed by atoms with Gasteiger partial charge in [-0.2, -0.15) is 0 Å². The molecule has 0 spiro atoms. The highest BCUT2D eigenvalue weighted by Crippen LogP contribution is 2.31. The average molecular weight is 254 g/mol. The molecule has 1 fully saturated rings. The molecule has 0 aromatic rings. The monoisotopic (exact) mass is 254 g/mol. The Balaban J connectivity index is 2.34. The lowest BCUT2D eigenvalue weighted by Gasteiger charge is -2.37. The second-order valence-corrected chi connectivity index (χ2v) is 7.25. The predicted molar refractivity (Wildman–Crippen MR) is 76.3 cm³/mol. The Bertz CT molecular complexity index is 274. The largest absolute Gasteiger partial charge is 0.343 e. The molecule has 0 aromatic heterocycles. The first-order valence-corrected chi connectivity index (χ1v) is 7.24. The van der Waals surface area contributed by atoms with Crippen LogP contribution in [0.4, 0.5) is 0 Å². The van der Waals surface area contributed by atoms with Crippen LogP contribution in [-0.4, -0.2) is 30.4 Å². The number of likely N-dealkylation sites (tertiary alicyclic amines) is 1. The van der Waals surface area contributed by atoms with Gasteiger partial charge in [-0.05, 0) is 43.1 Å². The van der Waals surface area contributed by atoms with Gasteiger partial charge in [0.1, 0.15) is 0 Å². The summed E-state index contributed by atoms with van der Waals surface area (Å²) in [5.41, 5.74) is 6.20. The van der Waals surface area contributed by atoms with Crippen LogP contribution >= 0.6 is 0 Å². The molecule has 1 rings (SSSR count). The van der Waals surface area contributed by atoms with E-state index >= 15 is 0 Å². The van der Waals surface area contributed by atoms with Gasteiger partial charge in [0.05, 0.1) is 0 Å². The summed E-state index contributed by atoms with van der Waals surface area (Å²) in [6.07, 6.45) is 4.87. The molecule has 1 aliphatic rings. The van der Waals surface area contributed by atoms with Crippen molar-refractivity contribution in [3.05, 3.63) is 0 Å². The maximum Gasteiger partial charge on any atom is 0.222 e. The van der Waals surface area contributed by atoms with Crippen molar-refractivity contribution in [3.8, 4) is 0 Å². The summed E-state index contributed by atoms with van der Waals surface area (Å²) in [5, 5.41) is 0. The number of carbonyl (C=O) groups excluding carboxylic acids is 1. The van der Waals surface area contributed by atoms with E-state index in [1.165, 1.54) is 0 Å². The van der Waals surface area contributed by atoms with Gasteiger partial charge in [-0.1, -0.05) is 27.7 Å². The van der Waals surface area contributed by atoms with E-state index in [-0.39, 0.29) is 5.41 Å². The number of piperidine rings is 1. The Morgan fingerprint density at radius 2 is 1.78 bits per heavy atom. The molecule has 1 saturated heterocycles. The number of carbonyl (C=O) groups is 1. The second kappa shape index (κ2) is 6.05. The highest BCUT2D eigenvalue weighted by molar-refractivity contribution is 5.76. The predicted octanol–water partition coefficient (Wildman–Crippen LogP) is 2.79. The Labute approximate surface area is 112 Å². The molecule has 3 nitrogen and oxygen atoms in total. The van der Waals surface area contributed by atoms with Gasteiger partial charge in [-0.25, -0.2) is 0 Å². The highest BCUT2D eigenvalue weighted by atomic mass is 16.2. The van der Waals surface area contributed by atoms with Crippen LogP contribution in [0.3, 0.4) is 0 Å². The van der Waals surface area contributed by atoms with Gasteiger partial charge in [0, 0.05) is 19.5 Å². The fourth-order valence-electron chi connectivity index (χ4n) is 2.48. The third-order valence-electron chi connectivity index (χ3n) is 4.31. The molecule has 1 aliphatic heterocycles. The molecule has 0 unspecified atom stereocenters. The molecule has 0 saturated carbocycles. The van der Waals surface area contributed by atoms with Crippen molar-refractivity contribution in [1.29, 1.82) is 0 Å². The molecule has 2 N–H and O–H groups in total. The zero-order chi connectivity index (χ0) is 13.8. The van der Waals surface area contributed by atoms with Gasteiger partial charge in [0.25, 0.3) is 0 Å². The summed E-state index contributed by atoms with van der Waals surface area (Å²) >= 11 is 0. The standard InChI is InChI=1S/C15H30N2O/c1-14(2,7-10-16)6-5-13(18)17-11-8-15(3,4)9-12-17/h5-12,16H2,1-4H3. The first kappa shape index (κ1) is 15.5. The summed E-state index contributed by atoms with van der Waals surface area (Å²) in [6.45, 7) is 11.6. The zero-order valence-corrected chi connectivity index (χ0v) is 12.6. The number of hydrogen-bond acceptors (Lipinski definition) is 2. The molecule has 0 aliphatic carbocycles. The Morgan fingerprint density at radius 3 is 2.28 bits per heavy atom. The van der Waals surface area contributed by atoms with Gasteiger partial charge in [0.2, 0.25) is 5.91 Å². The van der Waals surface area contributed by atoms with Crippen LogP contribution in [-0.2, 0) is 4.79 Å². The maximum atomic E-state index is 12.2. The van der Waals surface area contributed by atoms with E-state index in [0.717, 1.165) is 38.8 Å². The first-order chi connectivity index (χ1) is 8.26. The van der Waals surface area contributed by atoms with Crippen molar-refractivity contribution in [3.63, 3.8) is 0 Å². The van der Waals surface area contributed by atoms with Crippen LogP contribution in [0, 0.1) is 10.8 Å². The van der Waals surface area contributed by atoms with Gasteiger partial charge in [-0.3, -0.25) is 4.79 Å². The number of rotatable bonds is 5. The molecule has 1 amide bonds. The minimum absolute atomic E-state index is 0.194. The average Bonchev–Trinajstić information content (AvgIpc) is 2.26. The number of nitrogens with two attached hydrogens (primary N) is 1. The van der Waals surface area contributed by atoms with Gasteiger partial charge in [0.15, 0.2) is 0 Å². The molecule has 106 valence electrons. The van der Waals surface area contributed by atoms with Gasteiger partial charge >= 0.3 is 0 Å². The van der Waals surface area contributed by atoms with Crippen molar-refractivity contribution < 1.29 is 4.79 Å². The topological polar surface area (TPSA) is 46.3 Å². The summed E-state index contributed by atoms with van der Waals surface area (Å²) in [4.78, 5) is 14.2. The molecule has 0 bridgehead atoms. The molecular weight excluding hydrogens is 224 g/mol. The van der Waals surface area contributed by atoms with Crippen molar-refractivity contribution >= 4 is 5.91 Å². The minimum Gasteiger partial charge on any atom is -0.343 e. The van der Waals surface area contributed by atoms with Crippen LogP contribution in [0.5, 0.6) is 0 Å². The van der Waals surface area contributed by atoms with Crippen LogP contribution in [0.15, 0.2) is 0 Å². The lowest BCUT2D eigenvalue weighted by atomic mass is 9.82. The van der Waals surface area contributed by atoms with Crippen LogP contribution in [0.25, 0.3) is 0 Å². The number of nitrogens with zero attached hydrogens (tertiary/aromatic N) is 1. The van der Waals surface area contributed by atoms with E-state index in [9.17, 15) is 4.79 Å². The molecule has 1 heterocycles. The quantitative estimate of drug-likeness (QED) is 0.820. The summed E-state index contributed by atoms with van der Waals surface area (Å²) < 4.78 is 0. The second-order valence-electron chi connectivity index (χ2n) is 7.25. The number of amides is 1. The molecular formula is C15H30N2O. The van der Waals surface area contributed by atoms with Crippen molar-refractivity contribution in [2.75, 3.05) is 19.6 Å². The van der Waals surface area contributed by atoms with E-state index < -0.39 is 0 Å². The summed E-state index contributed by atoms with van der Waals surface area (Å²) in [7, 11) is 0. The van der Waals surface area contributed by atoms with Crippen LogP contribution in [0.2, 0.25) is 0 Å². The Hall–Kier alpha value is -0.570. The SMILES string of the molecule is CC(C)(CCN)CCC(=O)N1CCC(C)(C)CC1. The van der Waals surface area contributed by atoms with Crippen LogP contribution in [0.1, 0.15) is 59.8 Å². The van der Waals surface area contributed by atoms with E-state index in [4.69, 9.17) is 5.73 Å². The summed E-state index contributed by atoms with van der Waals surface area (Å²) in [5.74, 6) is 0.329. The van der Waals surface area contributed by atoms with Crippen LogP contribution < -0.4 is 5.73 Å². The minimum atomic E-state index is 0.194. The smallest absolute Gasteiger partial charge is 0.222 e. The van der Waals surface area contributed by atoms with Crippen molar-refractivity contribution in [2.45, 2.75) is 59.8 Å². The van der Waals surface area contributed by atoms with E-state index in [1.807, 2.05) is 4.90 Å². The Morgan fingerprint density at radius 1 is 1.22 bits per heavy atom. The lowest BCUT2D eigenvalue weighted by Crippen LogP contribution is -2.41. The third kappa shape index (κ3) is 4.97. The fraction of sp³-hybridized carbons (Fsp3) is 0.933. The lowest BCUT2D eigenvalue weighted by molar-refractivity contribution is -0.133. The maximum absolute atomic E-state index is 12.2. The third-order valence-corrected chi connectivity index (χ3v) is 4.31. The van der Waals surface area contributed by atoms with Gasteiger partial charge in [-0.15, -0.1) is 0 Å². The molecule has 0 aromatic carbocycles. The zero-order valence-electron chi connectivity index (χ0n) is 12.6. The Kier molecular flexibility index (Phi) is 5.20. The molecule has 3 heteroatoms. The van der Waals surface area contributed by atoms with E-state index in [0.29, 0.717) is 24.3 Å². The normalized spacial score (nSPS) is 19.9. The molecule has 0 atom stereocenters. The van der Waals surface area contributed by atoms with E-state index in [1.54, 1.807) is 0 Å². The van der Waals surface area contributed by atoms with E-state index in [2.05, 4.69) is 27.7 Å². The molecule has 0 radical (unpaired) electrons.